The SMILES string of the molecule is O=C(C1COc2ccccc2O1)N1CCN(C(c2ccccc2)c2ccccc2)CC1. The molecule has 0 N–H and O–H groups in total. The Morgan fingerprint density at radius 3 is 1.90 bits per heavy atom. The van der Waals surface area contributed by atoms with Gasteiger partial charge in [0, 0.05) is 26.2 Å². The Bertz CT molecular complexity index is 978. The molecule has 1 saturated heterocycles. The third kappa shape index (κ3) is 4.14. The Balaban J connectivity index is 1.27. The standard InChI is InChI=1S/C26H26N2O3/c29-26(24-19-30-22-13-7-8-14-23(22)31-24)28-17-15-27(16-18-28)25(20-9-3-1-4-10-20)21-11-5-2-6-12-21/h1-14,24-25H,15-19H2. The van der Waals surface area contributed by atoms with E-state index in [0.717, 1.165) is 13.1 Å². The number of rotatable bonds is 4. The van der Waals surface area contributed by atoms with Gasteiger partial charge in [-0.25, -0.2) is 0 Å². The monoisotopic (exact) mass is 414 g/mol. The zero-order valence-electron chi connectivity index (χ0n) is 17.4. The Morgan fingerprint density at radius 1 is 0.742 bits per heavy atom. The van der Waals surface area contributed by atoms with Crippen molar-refractivity contribution in [2.45, 2.75) is 12.1 Å². The fraction of sp³-hybridized carbons (Fsp3) is 0.269. The number of ether oxygens (including phenoxy) is 2. The summed E-state index contributed by atoms with van der Waals surface area (Å²) in [6.07, 6.45) is -0.583. The minimum Gasteiger partial charge on any atom is -0.485 e. The molecule has 3 aromatic rings. The third-order valence-electron chi connectivity index (χ3n) is 6.01. The van der Waals surface area contributed by atoms with Gasteiger partial charge in [-0.1, -0.05) is 72.8 Å². The lowest BCUT2D eigenvalue weighted by atomic mass is 9.96. The van der Waals surface area contributed by atoms with Gasteiger partial charge in [0.05, 0.1) is 6.04 Å². The molecule has 0 bridgehead atoms. The molecule has 5 heteroatoms. The van der Waals surface area contributed by atoms with Gasteiger partial charge in [-0.05, 0) is 23.3 Å². The molecule has 0 aliphatic carbocycles. The number of para-hydroxylation sites is 2. The maximum Gasteiger partial charge on any atom is 0.267 e. The van der Waals surface area contributed by atoms with Crippen molar-refractivity contribution in [3.63, 3.8) is 0 Å². The van der Waals surface area contributed by atoms with Crippen LogP contribution in [0.25, 0.3) is 0 Å². The molecule has 1 unspecified atom stereocenters. The smallest absolute Gasteiger partial charge is 0.267 e. The van der Waals surface area contributed by atoms with Crippen LogP contribution in [-0.4, -0.2) is 54.6 Å². The molecule has 1 amide bonds. The van der Waals surface area contributed by atoms with Crippen LogP contribution < -0.4 is 9.47 Å². The summed E-state index contributed by atoms with van der Waals surface area (Å²) < 4.78 is 11.7. The van der Waals surface area contributed by atoms with Crippen molar-refractivity contribution in [2.75, 3.05) is 32.8 Å². The molecule has 1 atom stereocenters. The summed E-state index contributed by atoms with van der Waals surface area (Å²) in [5.74, 6) is 1.34. The summed E-state index contributed by atoms with van der Waals surface area (Å²) >= 11 is 0. The second-order valence-electron chi connectivity index (χ2n) is 7.95. The van der Waals surface area contributed by atoms with Crippen LogP contribution in [0.1, 0.15) is 17.2 Å². The first-order valence-electron chi connectivity index (χ1n) is 10.8. The molecule has 2 aliphatic heterocycles. The number of carbonyl (C=O) groups is 1. The van der Waals surface area contributed by atoms with Crippen LogP contribution in [0.4, 0.5) is 0 Å². The highest BCUT2D eigenvalue weighted by Crippen LogP contribution is 2.32. The van der Waals surface area contributed by atoms with Gasteiger partial charge in [0.15, 0.2) is 11.5 Å². The van der Waals surface area contributed by atoms with Gasteiger partial charge in [-0.2, -0.15) is 0 Å². The molecule has 0 spiro atoms. The van der Waals surface area contributed by atoms with E-state index in [1.165, 1.54) is 11.1 Å². The number of nitrogens with zero attached hydrogens (tertiary/aromatic N) is 2. The number of piperazine rings is 1. The van der Waals surface area contributed by atoms with E-state index in [2.05, 4.69) is 53.4 Å². The molecule has 31 heavy (non-hydrogen) atoms. The fourth-order valence-electron chi connectivity index (χ4n) is 4.43. The molecule has 158 valence electrons. The summed E-state index contributed by atoms with van der Waals surface area (Å²) in [5, 5.41) is 0. The lowest BCUT2D eigenvalue weighted by Gasteiger charge is -2.41. The van der Waals surface area contributed by atoms with Gasteiger partial charge in [0.1, 0.15) is 6.61 Å². The summed E-state index contributed by atoms with van der Waals surface area (Å²) in [6.45, 7) is 3.23. The van der Waals surface area contributed by atoms with Crippen molar-refractivity contribution in [1.29, 1.82) is 0 Å². The fourth-order valence-corrected chi connectivity index (χ4v) is 4.43. The quantitative estimate of drug-likeness (QED) is 0.652. The molecular weight excluding hydrogens is 388 g/mol. The topological polar surface area (TPSA) is 42.0 Å². The van der Waals surface area contributed by atoms with Crippen LogP contribution in [0.15, 0.2) is 84.9 Å². The number of amides is 1. The predicted molar refractivity (Wildman–Crippen MR) is 119 cm³/mol. The summed E-state index contributed by atoms with van der Waals surface area (Å²) in [4.78, 5) is 17.5. The minimum atomic E-state index is -0.583. The normalized spacial score (nSPS) is 18.7. The molecular formula is C26H26N2O3. The van der Waals surface area contributed by atoms with E-state index in [1.54, 1.807) is 0 Å². The summed E-state index contributed by atoms with van der Waals surface area (Å²) in [6, 6.07) is 28.8. The zero-order valence-corrected chi connectivity index (χ0v) is 17.4. The maximum atomic E-state index is 13.1. The molecule has 5 rings (SSSR count). The van der Waals surface area contributed by atoms with E-state index in [9.17, 15) is 4.79 Å². The first kappa shape index (κ1) is 19.6. The average Bonchev–Trinajstić information content (AvgIpc) is 2.85. The van der Waals surface area contributed by atoms with Gasteiger partial charge in [-0.3, -0.25) is 9.69 Å². The third-order valence-corrected chi connectivity index (χ3v) is 6.01. The molecule has 0 aromatic heterocycles. The zero-order chi connectivity index (χ0) is 21.0. The Kier molecular flexibility index (Phi) is 5.59. The number of benzene rings is 3. The van der Waals surface area contributed by atoms with Crippen molar-refractivity contribution in [3.05, 3.63) is 96.1 Å². The van der Waals surface area contributed by atoms with Crippen LogP contribution in [0, 0.1) is 0 Å². The number of hydrogen-bond acceptors (Lipinski definition) is 4. The van der Waals surface area contributed by atoms with E-state index >= 15 is 0 Å². The van der Waals surface area contributed by atoms with Crippen molar-refractivity contribution in [2.24, 2.45) is 0 Å². The Morgan fingerprint density at radius 2 is 1.29 bits per heavy atom. The highest BCUT2D eigenvalue weighted by molar-refractivity contribution is 5.82. The number of carbonyl (C=O) groups excluding carboxylic acids is 1. The van der Waals surface area contributed by atoms with Gasteiger partial charge >= 0.3 is 0 Å². The molecule has 2 aliphatic rings. The van der Waals surface area contributed by atoms with Gasteiger partial charge in [0.25, 0.3) is 5.91 Å². The lowest BCUT2D eigenvalue weighted by Crippen LogP contribution is -2.54. The Hall–Kier alpha value is -3.31. The van der Waals surface area contributed by atoms with Crippen LogP contribution in [0.3, 0.4) is 0 Å². The minimum absolute atomic E-state index is 0.00475. The van der Waals surface area contributed by atoms with Crippen molar-refractivity contribution in [3.8, 4) is 11.5 Å². The van der Waals surface area contributed by atoms with E-state index in [1.807, 2.05) is 41.3 Å². The molecule has 5 nitrogen and oxygen atoms in total. The molecule has 2 heterocycles. The average molecular weight is 415 g/mol. The predicted octanol–water partition coefficient (Wildman–Crippen LogP) is 3.76. The molecule has 3 aromatic carbocycles. The highest BCUT2D eigenvalue weighted by Gasteiger charge is 2.34. The second kappa shape index (κ2) is 8.82. The number of hydrogen-bond donors (Lipinski definition) is 0. The van der Waals surface area contributed by atoms with E-state index in [0.29, 0.717) is 24.6 Å². The van der Waals surface area contributed by atoms with Crippen LogP contribution in [0.2, 0.25) is 0 Å². The first-order valence-corrected chi connectivity index (χ1v) is 10.8. The Labute approximate surface area is 182 Å². The van der Waals surface area contributed by atoms with Gasteiger partial charge in [-0.15, -0.1) is 0 Å². The van der Waals surface area contributed by atoms with Gasteiger partial charge in [0.2, 0.25) is 6.10 Å². The number of fused-ring (bicyclic) bond motifs is 1. The van der Waals surface area contributed by atoms with E-state index in [-0.39, 0.29) is 18.6 Å². The maximum absolute atomic E-state index is 13.1. The van der Waals surface area contributed by atoms with Crippen LogP contribution in [0.5, 0.6) is 11.5 Å². The molecule has 0 saturated carbocycles. The van der Waals surface area contributed by atoms with Crippen LogP contribution in [-0.2, 0) is 4.79 Å². The summed E-state index contributed by atoms with van der Waals surface area (Å²) in [5.41, 5.74) is 2.54. The van der Waals surface area contributed by atoms with Gasteiger partial charge < -0.3 is 14.4 Å². The lowest BCUT2D eigenvalue weighted by molar-refractivity contribution is -0.143. The van der Waals surface area contributed by atoms with Crippen LogP contribution >= 0.6 is 0 Å². The molecule has 1 fully saturated rings. The van der Waals surface area contributed by atoms with Crippen molar-refractivity contribution in [1.82, 2.24) is 9.80 Å². The van der Waals surface area contributed by atoms with E-state index < -0.39 is 6.10 Å². The largest absolute Gasteiger partial charge is 0.485 e. The van der Waals surface area contributed by atoms with Crippen molar-refractivity contribution < 1.29 is 14.3 Å². The second-order valence-corrected chi connectivity index (χ2v) is 7.95. The van der Waals surface area contributed by atoms with E-state index in [4.69, 9.17) is 9.47 Å². The first-order chi connectivity index (χ1) is 15.3. The van der Waals surface area contributed by atoms with Crippen molar-refractivity contribution >= 4 is 5.91 Å². The molecule has 0 radical (unpaired) electrons. The summed E-state index contributed by atoms with van der Waals surface area (Å²) in [7, 11) is 0. The highest BCUT2D eigenvalue weighted by atomic mass is 16.6.